The van der Waals surface area contributed by atoms with Gasteiger partial charge >= 0.3 is 5.97 Å². The molecule has 2 fully saturated rings. The van der Waals surface area contributed by atoms with Gasteiger partial charge < -0.3 is 10.0 Å². The molecule has 1 aliphatic carbocycles. The molecule has 0 unspecified atom stereocenters. The van der Waals surface area contributed by atoms with Gasteiger partial charge in [0.05, 0.1) is 6.42 Å². The van der Waals surface area contributed by atoms with Gasteiger partial charge in [-0.2, -0.15) is 0 Å². The van der Waals surface area contributed by atoms with Gasteiger partial charge in [-0.25, -0.2) is 0 Å². The first kappa shape index (κ1) is 15.8. The zero-order valence-electron chi connectivity index (χ0n) is 12.7. The Kier molecular flexibility index (Phi) is 6.80. The maximum atomic E-state index is 10.9. The number of nitrogens with zero attached hydrogens (tertiary/aromatic N) is 2. The molecule has 0 bridgehead atoms. The number of rotatable bonds is 7. The van der Waals surface area contributed by atoms with Crippen molar-refractivity contribution in [2.24, 2.45) is 0 Å². The lowest BCUT2D eigenvalue weighted by Crippen LogP contribution is -2.44. The molecule has 4 heteroatoms. The van der Waals surface area contributed by atoms with Crippen LogP contribution in [0.1, 0.15) is 57.8 Å². The van der Waals surface area contributed by atoms with Crippen molar-refractivity contribution in [1.29, 1.82) is 0 Å². The first-order valence-electron chi connectivity index (χ1n) is 8.44. The van der Waals surface area contributed by atoms with Crippen molar-refractivity contribution in [2.75, 3.05) is 32.7 Å². The Hall–Kier alpha value is -0.610. The summed E-state index contributed by atoms with van der Waals surface area (Å²) in [6.07, 6.45) is 10.8. The van der Waals surface area contributed by atoms with Gasteiger partial charge in [-0.05, 0) is 38.8 Å². The second-order valence-corrected chi connectivity index (χ2v) is 6.37. The molecule has 1 heterocycles. The lowest BCUT2D eigenvalue weighted by atomic mass is 9.94. The summed E-state index contributed by atoms with van der Waals surface area (Å²) in [5.74, 6) is -0.663. The Morgan fingerprint density at radius 2 is 1.65 bits per heavy atom. The molecule has 1 saturated heterocycles. The molecule has 2 aliphatic rings. The number of carboxylic acid groups (broad SMARTS) is 1. The fourth-order valence-corrected chi connectivity index (χ4v) is 3.62. The van der Waals surface area contributed by atoms with Crippen molar-refractivity contribution in [3.05, 3.63) is 0 Å². The Bertz CT molecular complexity index is 284. The Morgan fingerprint density at radius 3 is 2.30 bits per heavy atom. The van der Waals surface area contributed by atoms with Gasteiger partial charge in [-0.15, -0.1) is 0 Å². The van der Waals surface area contributed by atoms with Gasteiger partial charge in [0.15, 0.2) is 0 Å². The number of carbonyl (C=O) groups is 1. The van der Waals surface area contributed by atoms with Crippen molar-refractivity contribution in [3.8, 4) is 0 Å². The second kappa shape index (κ2) is 8.63. The maximum Gasteiger partial charge on any atom is 0.304 e. The monoisotopic (exact) mass is 282 g/mol. The van der Waals surface area contributed by atoms with E-state index in [4.69, 9.17) is 5.11 Å². The second-order valence-electron chi connectivity index (χ2n) is 6.37. The molecule has 1 aliphatic heterocycles. The van der Waals surface area contributed by atoms with E-state index in [2.05, 4.69) is 9.80 Å². The summed E-state index contributed by atoms with van der Waals surface area (Å²) in [5.41, 5.74) is 0. The number of carboxylic acids is 1. The van der Waals surface area contributed by atoms with E-state index in [-0.39, 0.29) is 6.42 Å². The van der Waals surface area contributed by atoms with E-state index in [9.17, 15) is 4.79 Å². The van der Waals surface area contributed by atoms with Gasteiger partial charge in [0, 0.05) is 25.7 Å². The molecule has 0 radical (unpaired) electrons. The fourth-order valence-electron chi connectivity index (χ4n) is 3.62. The van der Waals surface area contributed by atoms with E-state index in [0.29, 0.717) is 6.04 Å². The molecular formula is C16H30N2O2. The molecule has 1 saturated carbocycles. The van der Waals surface area contributed by atoms with Crippen LogP contribution in [0.25, 0.3) is 0 Å². The van der Waals surface area contributed by atoms with Crippen LogP contribution in [0.4, 0.5) is 0 Å². The van der Waals surface area contributed by atoms with Crippen LogP contribution >= 0.6 is 0 Å². The third-order valence-corrected chi connectivity index (χ3v) is 4.86. The highest BCUT2D eigenvalue weighted by Crippen LogP contribution is 2.23. The predicted molar refractivity (Wildman–Crippen MR) is 81.0 cm³/mol. The van der Waals surface area contributed by atoms with E-state index in [1.165, 1.54) is 64.5 Å². The average Bonchev–Trinajstić information content (AvgIpc) is 2.49. The summed E-state index contributed by atoms with van der Waals surface area (Å²) in [7, 11) is 0. The molecule has 0 amide bonds. The zero-order chi connectivity index (χ0) is 14.2. The number of piperidine rings is 1. The topological polar surface area (TPSA) is 43.8 Å². The first-order chi connectivity index (χ1) is 9.75. The van der Waals surface area contributed by atoms with Crippen molar-refractivity contribution in [1.82, 2.24) is 9.80 Å². The van der Waals surface area contributed by atoms with E-state index >= 15 is 0 Å². The standard InChI is InChI=1S/C16H30N2O2/c19-16(20)9-12-18(15-7-3-1-4-8-15)14-13-17-10-5-2-6-11-17/h15H,1-14H2,(H,19,20). The molecule has 0 aromatic heterocycles. The van der Waals surface area contributed by atoms with E-state index in [0.717, 1.165) is 19.6 Å². The summed E-state index contributed by atoms with van der Waals surface area (Å²) < 4.78 is 0. The van der Waals surface area contributed by atoms with Crippen LogP contribution in [0.3, 0.4) is 0 Å². The Labute approximate surface area is 123 Å². The van der Waals surface area contributed by atoms with Crippen LogP contribution in [-0.4, -0.2) is 59.6 Å². The summed E-state index contributed by atoms with van der Waals surface area (Å²) in [4.78, 5) is 15.9. The van der Waals surface area contributed by atoms with Gasteiger partial charge in [-0.3, -0.25) is 9.69 Å². The smallest absolute Gasteiger partial charge is 0.304 e. The van der Waals surface area contributed by atoms with Gasteiger partial charge in [-0.1, -0.05) is 25.7 Å². The van der Waals surface area contributed by atoms with E-state index < -0.39 is 5.97 Å². The van der Waals surface area contributed by atoms with Crippen molar-refractivity contribution in [2.45, 2.75) is 63.8 Å². The number of hydrogen-bond acceptors (Lipinski definition) is 3. The van der Waals surface area contributed by atoms with Gasteiger partial charge in [0.1, 0.15) is 0 Å². The summed E-state index contributed by atoms with van der Waals surface area (Å²) >= 11 is 0. The van der Waals surface area contributed by atoms with E-state index in [1.807, 2.05) is 0 Å². The molecule has 0 spiro atoms. The summed E-state index contributed by atoms with van der Waals surface area (Å²) in [5, 5.41) is 8.94. The number of hydrogen-bond donors (Lipinski definition) is 1. The molecule has 0 aromatic rings. The summed E-state index contributed by atoms with van der Waals surface area (Å²) in [6, 6.07) is 0.632. The minimum atomic E-state index is -0.663. The highest BCUT2D eigenvalue weighted by molar-refractivity contribution is 5.66. The molecule has 2 rings (SSSR count). The zero-order valence-corrected chi connectivity index (χ0v) is 12.7. The van der Waals surface area contributed by atoms with Crippen LogP contribution in [0.2, 0.25) is 0 Å². The third kappa shape index (κ3) is 5.41. The van der Waals surface area contributed by atoms with Crippen LogP contribution in [0.5, 0.6) is 0 Å². The third-order valence-electron chi connectivity index (χ3n) is 4.86. The van der Waals surface area contributed by atoms with Crippen LogP contribution in [0, 0.1) is 0 Å². The minimum Gasteiger partial charge on any atom is -0.481 e. The van der Waals surface area contributed by atoms with Gasteiger partial charge in [0.2, 0.25) is 0 Å². The highest BCUT2D eigenvalue weighted by atomic mass is 16.4. The van der Waals surface area contributed by atoms with Crippen molar-refractivity contribution in [3.63, 3.8) is 0 Å². The van der Waals surface area contributed by atoms with E-state index in [1.54, 1.807) is 0 Å². The van der Waals surface area contributed by atoms with Crippen LogP contribution in [0.15, 0.2) is 0 Å². The first-order valence-corrected chi connectivity index (χ1v) is 8.44. The molecule has 4 nitrogen and oxygen atoms in total. The number of likely N-dealkylation sites (tertiary alicyclic amines) is 1. The highest BCUT2D eigenvalue weighted by Gasteiger charge is 2.22. The minimum absolute atomic E-state index is 0.288. The van der Waals surface area contributed by atoms with Crippen molar-refractivity contribution < 1.29 is 9.90 Å². The average molecular weight is 282 g/mol. The lowest BCUT2D eigenvalue weighted by Gasteiger charge is -2.36. The largest absolute Gasteiger partial charge is 0.481 e. The maximum absolute atomic E-state index is 10.9. The molecular weight excluding hydrogens is 252 g/mol. The van der Waals surface area contributed by atoms with Gasteiger partial charge in [0.25, 0.3) is 0 Å². The van der Waals surface area contributed by atoms with Crippen LogP contribution in [-0.2, 0) is 4.79 Å². The summed E-state index contributed by atoms with van der Waals surface area (Å²) in [6.45, 7) is 5.37. The Balaban J connectivity index is 1.78. The molecule has 0 atom stereocenters. The van der Waals surface area contributed by atoms with Crippen LogP contribution < -0.4 is 0 Å². The quantitative estimate of drug-likeness (QED) is 0.779. The van der Waals surface area contributed by atoms with Crippen molar-refractivity contribution >= 4 is 5.97 Å². The molecule has 0 aromatic carbocycles. The number of aliphatic carboxylic acids is 1. The molecule has 20 heavy (non-hydrogen) atoms. The molecule has 1 N–H and O–H groups in total. The normalized spacial score (nSPS) is 22.2. The Morgan fingerprint density at radius 1 is 1.00 bits per heavy atom. The predicted octanol–water partition coefficient (Wildman–Crippen LogP) is 2.58. The molecule has 116 valence electrons. The SMILES string of the molecule is O=C(O)CCN(CCN1CCCCC1)C1CCCCC1. The fraction of sp³-hybridized carbons (Fsp3) is 0.938. The lowest BCUT2D eigenvalue weighted by molar-refractivity contribution is -0.137.